The Hall–Kier alpha value is -1.25. The Morgan fingerprint density at radius 3 is 2.16 bits per heavy atom. The first-order valence-electron chi connectivity index (χ1n) is 13.3. The smallest absolute Gasteiger partial charge is 0.243 e. The molecule has 13 heteroatoms. The lowest BCUT2D eigenvalue weighted by atomic mass is 10.1. The third-order valence-electron chi connectivity index (χ3n) is 7.30. The van der Waals surface area contributed by atoms with Crippen LogP contribution in [-0.4, -0.2) is 95.1 Å². The maximum atomic E-state index is 13.4. The molecular formula is C25H42N2O8S3. The van der Waals surface area contributed by atoms with E-state index in [2.05, 4.69) is 0 Å². The van der Waals surface area contributed by atoms with Crippen molar-refractivity contribution in [2.24, 2.45) is 11.8 Å². The van der Waals surface area contributed by atoms with E-state index in [-0.39, 0.29) is 60.7 Å². The molecule has 0 radical (unpaired) electrons. The van der Waals surface area contributed by atoms with Crippen LogP contribution in [0.2, 0.25) is 0 Å². The molecule has 0 amide bonds. The second-order valence-electron chi connectivity index (χ2n) is 10.9. The van der Waals surface area contributed by atoms with Crippen LogP contribution >= 0.6 is 0 Å². The van der Waals surface area contributed by atoms with E-state index in [1.165, 1.54) is 27.9 Å². The minimum atomic E-state index is -3.91. The Morgan fingerprint density at radius 1 is 1.00 bits per heavy atom. The zero-order valence-electron chi connectivity index (χ0n) is 22.5. The molecule has 2 fully saturated rings. The van der Waals surface area contributed by atoms with E-state index in [4.69, 9.17) is 4.74 Å². The molecule has 1 unspecified atom stereocenters. The Labute approximate surface area is 228 Å². The molecule has 1 saturated heterocycles. The summed E-state index contributed by atoms with van der Waals surface area (Å²) in [5.74, 6) is 0.218. The molecule has 3 rings (SSSR count). The van der Waals surface area contributed by atoms with Gasteiger partial charge in [0, 0.05) is 26.2 Å². The SMILES string of the molecule is COc1ccc(S(=O)(=O)N(CC(C)C)C[C@@H](O)CCN(CC2CCCC2)S(=O)(=O)C2CCS(=O)(=O)C2)cc1. The Balaban J connectivity index is 1.73. The van der Waals surface area contributed by atoms with Crippen LogP contribution in [-0.2, 0) is 29.9 Å². The van der Waals surface area contributed by atoms with Gasteiger partial charge in [0.25, 0.3) is 0 Å². The molecule has 1 N–H and O–H groups in total. The summed E-state index contributed by atoms with van der Waals surface area (Å²) in [5.41, 5.74) is 0. The summed E-state index contributed by atoms with van der Waals surface area (Å²) in [6.45, 7) is 4.08. The van der Waals surface area contributed by atoms with Crippen molar-refractivity contribution >= 4 is 29.9 Å². The van der Waals surface area contributed by atoms with Crippen LogP contribution in [0.3, 0.4) is 0 Å². The van der Waals surface area contributed by atoms with Crippen molar-refractivity contribution in [3.8, 4) is 5.75 Å². The van der Waals surface area contributed by atoms with Crippen molar-refractivity contribution in [2.75, 3.05) is 44.8 Å². The largest absolute Gasteiger partial charge is 0.497 e. The van der Waals surface area contributed by atoms with Crippen molar-refractivity contribution in [1.82, 2.24) is 8.61 Å². The van der Waals surface area contributed by atoms with Gasteiger partial charge < -0.3 is 9.84 Å². The van der Waals surface area contributed by atoms with E-state index in [0.29, 0.717) is 12.3 Å². The fraction of sp³-hybridized carbons (Fsp3) is 0.760. The van der Waals surface area contributed by atoms with Crippen LogP contribution in [0, 0.1) is 11.8 Å². The fourth-order valence-electron chi connectivity index (χ4n) is 5.20. The van der Waals surface area contributed by atoms with E-state index in [1.54, 1.807) is 12.1 Å². The fourth-order valence-corrected chi connectivity index (χ4v) is 11.5. The first-order valence-corrected chi connectivity index (χ1v) is 18.0. The first kappa shape index (κ1) is 31.3. The molecule has 1 aromatic carbocycles. The van der Waals surface area contributed by atoms with Gasteiger partial charge in [-0.3, -0.25) is 0 Å². The van der Waals surface area contributed by atoms with Crippen LogP contribution in [0.25, 0.3) is 0 Å². The zero-order chi connectivity index (χ0) is 28.1. The second kappa shape index (κ2) is 12.9. The highest BCUT2D eigenvalue weighted by Gasteiger charge is 2.41. The van der Waals surface area contributed by atoms with Crippen molar-refractivity contribution < 1.29 is 35.1 Å². The van der Waals surface area contributed by atoms with Crippen molar-refractivity contribution in [1.29, 1.82) is 0 Å². The minimum Gasteiger partial charge on any atom is -0.497 e. The van der Waals surface area contributed by atoms with Crippen molar-refractivity contribution in [3.05, 3.63) is 24.3 Å². The number of methoxy groups -OCH3 is 1. The van der Waals surface area contributed by atoms with Gasteiger partial charge in [-0.05, 0) is 61.8 Å². The summed E-state index contributed by atoms with van der Waals surface area (Å²) in [4.78, 5) is 0.0824. The average molecular weight is 595 g/mol. The molecule has 1 aliphatic carbocycles. The normalized spacial score (nSPS) is 21.5. The number of sulfonamides is 2. The summed E-state index contributed by atoms with van der Waals surface area (Å²) in [7, 11) is -9.68. The van der Waals surface area contributed by atoms with Gasteiger partial charge in [-0.15, -0.1) is 0 Å². The van der Waals surface area contributed by atoms with Gasteiger partial charge in [0.05, 0.1) is 34.9 Å². The van der Waals surface area contributed by atoms with Crippen molar-refractivity contribution in [2.45, 2.75) is 68.6 Å². The van der Waals surface area contributed by atoms with Gasteiger partial charge in [-0.1, -0.05) is 26.7 Å². The monoisotopic (exact) mass is 594 g/mol. The standard InChI is InChI=1S/C25H42N2O8S3/c1-20(2)16-27(37(31,32)24-10-8-23(35-3)9-11-24)18-22(28)12-14-26(17-21-6-4-5-7-21)38(33,34)25-13-15-36(29,30)19-25/h8-11,20-22,25,28H,4-7,12-19H2,1-3H3/t22-,25?/m0/s1. The summed E-state index contributed by atoms with van der Waals surface area (Å²) in [6.07, 6.45) is 2.92. The lowest BCUT2D eigenvalue weighted by Gasteiger charge is -2.30. The molecule has 1 aromatic rings. The number of hydrogen-bond donors (Lipinski definition) is 1. The molecule has 2 aliphatic rings. The molecule has 1 saturated carbocycles. The summed E-state index contributed by atoms with van der Waals surface area (Å²) < 4.78 is 85.3. The van der Waals surface area contributed by atoms with Crippen LogP contribution in [0.1, 0.15) is 52.4 Å². The molecule has 218 valence electrons. The lowest BCUT2D eigenvalue weighted by Crippen LogP contribution is -2.44. The number of hydrogen-bond acceptors (Lipinski definition) is 8. The van der Waals surface area contributed by atoms with E-state index < -0.39 is 41.2 Å². The first-order chi connectivity index (χ1) is 17.7. The highest BCUT2D eigenvalue weighted by Crippen LogP contribution is 2.29. The summed E-state index contributed by atoms with van der Waals surface area (Å²) in [6, 6.07) is 6.04. The van der Waals surface area contributed by atoms with Crippen molar-refractivity contribution in [3.63, 3.8) is 0 Å². The molecule has 2 atom stereocenters. The number of sulfone groups is 1. The van der Waals surface area contributed by atoms with E-state index >= 15 is 0 Å². The molecule has 0 spiro atoms. The van der Waals surface area contributed by atoms with Crippen LogP contribution in [0.5, 0.6) is 5.75 Å². The number of rotatable bonds is 14. The van der Waals surface area contributed by atoms with Crippen LogP contribution < -0.4 is 4.74 Å². The maximum absolute atomic E-state index is 13.4. The lowest BCUT2D eigenvalue weighted by molar-refractivity contribution is 0.125. The maximum Gasteiger partial charge on any atom is 0.243 e. The topological polar surface area (TPSA) is 138 Å². The van der Waals surface area contributed by atoms with Gasteiger partial charge in [0.15, 0.2) is 9.84 Å². The highest BCUT2D eigenvalue weighted by molar-refractivity contribution is 7.95. The third kappa shape index (κ3) is 8.14. The predicted molar refractivity (Wildman–Crippen MR) is 147 cm³/mol. The minimum absolute atomic E-state index is 0.00113. The molecule has 1 heterocycles. The molecule has 0 aromatic heterocycles. The summed E-state index contributed by atoms with van der Waals surface area (Å²) >= 11 is 0. The number of benzene rings is 1. The van der Waals surface area contributed by atoms with Gasteiger partial charge in [0.1, 0.15) is 5.75 Å². The number of nitrogens with zero attached hydrogens (tertiary/aromatic N) is 2. The Morgan fingerprint density at radius 2 is 1.63 bits per heavy atom. The third-order valence-corrected chi connectivity index (χ3v) is 13.4. The van der Waals surface area contributed by atoms with E-state index in [9.17, 15) is 30.4 Å². The van der Waals surface area contributed by atoms with Crippen LogP contribution in [0.15, 0.2) is 29.2 Å². The zero-order valence-corrected chi connectivity index (χ0v) is 25.0. The molecular weight excluding hydrogens is 552 g/mol. The van der Waals surface area contributed by atoms with Gasteiger partial charge in [-0.25, -0.2) is 29.6 Å². The predicted octanol–water partition coefficient (Wildman–Crippen LogP) is 2.10. The molecule has 1 aliphatic heterocycles. The average Bonchev–Trinajstić information content (AvgIpc) is 3.50. The molecule has 0 bridgehead atoms. The second-order valence-corrected chi connectivity index (χ2v) is 17.3. The van der Waals surface area contributed by atoms with Gasteiger partial charge in [0.2, 0.25) is 20.0 Å². The van der Waals surface area contributed by atoms with Gasteiger partial charge in [-0.2, -0.15) is 4.31 Å². The van der Waals surface area contributed by atoms with Gasteiger partial charge >= 0.3 is 0 Å². The van der Waals surface area contributed by atoms with E-state index in [0.717, 1.165) is 25.7 Å². The number of aliphatic hydroxyl groups is 1. The van der Waals surface area contributed by atoms with E-state index in [1.807, 2.05) is 13.8 Å². The quantitative estimate of drug-likeness (QED) is 0.346. The molecule has 38 heavy (non-hydrogen) atoms. The van der Waals surface area contributed by atoms with Crippen LogP contribution in [0.4, 0.5) is 0 Å². The Bertz CT molecular complexity index is 1230. The summed E-state index contributed by atoms with van der Waals surface area (Å²) in [5, 5.41) is 9.93. The number of ether oxygens (including phenoxy) is 1. The Kier molecular flexibility index (Phi) is 10.7. The number of aliphatic hydroxyl groups excluding tert-OH is 1. The highest BCUT2D eigenvalue weighted by atomic mass is 32.2. The molecule has 10 nitrogen and oxygen atoms in total.